The number of unbranched alkanes of at least 4 members (excludes halogenated alkanes) is 15. The van der Waals surface area contributed by atoms with Crippen LogP contribution in [0.4, 0.5) is 0 Å². The van der Waals surface area contributed by atoms with Gasteiger partial charge in [0, 0.05) is 19.3 Å². The lowest BCUT2D eigenvalue weighted by Gasteiger charge is -2.18. The lowest BCUT2D eigenvalue weighted by atomic mass is 10.1. The lowest BCUT2D eigenvalue weighted by Crippen LogP contribution is -2.30. The highest BCUT2D eigenvalue weighted by Gasteiger charge is 2.19. The number of hydrogen-bond acceptors (Lipinski definition) is 6. The zero-order valence-corrected chi connectivity index (χ0v) is 49.9. The van der Waals surface area contributed by atoms with Crippen molar-refractivity contribution >= 4 is 17.9 Å². The van der Waals surface area contributed by atoms with E-state index in [2.05, 4.69) is 179 Å². The van der Waals surface area contributed by atoms with Gasteiger partial charge in [-0.1, -0.05) is 255 Å². The summed E-state index contributed by atoms with van der Waals surface area (Å²) < 4.78 is 16.7. The zero-order chi connectivity index (χ0) is 56.4. The number of rotatable bonds is 54. The van der Waals surface area contributed by atoms with Gasteiger partial charge in [-0.25, -0.2) is 0 Å². The van der Waals surface area contributed by atoms with Crippen LogP contribution in [-0.2, 0) is 28.6 Å². The summed E-state index contributed by atoms with van der Waals surface area (Å²) in [5.74, 6) is -1.03. The van der Waals surface area contributed by atoms with Gasteiger partial charge in [0.25, 0.3) is 0 Å². The molecule has 1 atom stereocenters. The molecule has 0 aliphatic carbocycles. The Bertz CT molecular complexity index is 1810. The third-order valence-electron chi connectivity index (χ3n) is 12.4. The molecule has 0 aromatic carbocycles. The second kappa shape index (κ2) is 64.3. The molecule has 0 bridgehead atoms. The summed E-state index contributed by atoms with van der Waals surface area (Å²) in [7, 11) is 0. The Morgan fingerprint density at radius 1 is 0.269 bits per heavy atom. The highest BCUT2D eigenvalue weighted by molar-refractivity contribution is 5.71. The Labute approximate surface area is 479 Å². The summed E-state index contributed by atoms with van der Waals surface area (Å²) in [5.41, 5.74) is 0. The van der Waals surface area contributed by atoms with Gasteiger partial charge >= 0.3 is 17.9 Å². The van der Waals surface area contributed by atoms with E-state index >= 15 is 0 Å². The minimum Gasteiger partial charge on any atom is -0.462 e. The van der Waals surface area contributed by atoms with Crippen LogP contribution in [0, 0.1) is 0 Å². The third-order valence-corrected chi connectivity index (χ3v) is 12.4. The second-order valence-electron chi connectivity index (χ2n) is 19.8. The van der Waals surface area contributed by atoms with Gasteiger partial charge in [-0.3, -0.25) is 14.4 Å². The van der Waals surface area contributed by atoms with Crippen LogP contribution < -0.4 is 0 Å². The van der Waals surface area contributed by atoms with Crippen molar-refractivity contribution in [3.05, 3.63) is 170 Å². The molecule has 0 aliphatic heterocycles. The lowest BCUT2D eigenvalue weighted by molar-refractivity contribution is -0.166. The molecule has 0 saturated carbocycles. The van der Waals surface area contributed by atoms with Gasteiger partial charge < -0.3 is 14.2 Å². The molecule has 0 aromatic rings. The first-order valence-electron chi connectivity index (χ1n) is 31.1. The Balaban J connectivity index is 4.29. The molecule has 0 amide bonds. The number of carbonyl (C=O) groups excluding carboxylic acids is 3. The SMILES string of the molecule is CC/C=C\C/C=C\C/C=C\C/C=C\C/C=C\C/C=C\C/C=C\C/C=C\C/C=C\CCCCCCCCCC(=O)OCC(COC(=O)CCCCCCC/C=C\CCCCC)OC(=O)CC/C=C\C/C=C\C/C=C\C/C=C\CC. The first-order valence-corrected chi connectivity index (χ1v) is 31.1. The van der Waals surface area contributed by atoms with Gasteiger partial charge in [0.05, 0.1) is 0 Å². The van der Waals surface area contributed by atoms with Crippen LogP contribution in [0.2, 0.25) is 0 Å². The van der Waals surface area contributed by atoms with E-state index in [1.165, 1.54) is 51.4 Å². The summed E-state index contributed by atoms with van der Waals surface area (Å²) in [5, 5.41) is 0. The molecule has 0 heterocycles. The van der Waals surface area contributed by atoms with Gasteiger partial charge in [-0.05, 0) is 141 Å². The number of carbonyl (C=O) groups is 3. The first kappa shape index (κ1) is 72.8. The molecule has 1 unspecified atom stereocenters. The number of ether oxygens (including phenoxy) is 3. The van der Waals surface area contributed by atoms with Crippen molar-refractivity contribution in [3.8, 4) is 0 Å². The van der Waals surface area contributed by atoms with Gasteiger partial charge in [0.1, 0.15) is 13.2 Å². The van der Waals surface area contributed by atoms with E-state index in [1.54, 1.807) is 0 Å². The standard InChI is InChI=1S/C72H112O6/c1-4-7-10-13-16-19-22-25-26-27-28-29-30-31-32-33-34-35-36-37-38-39-40-41-42-43-44-45-46-48-50-53-56-59-62-65-71(74)77-68-69(67-76-70(73)64-61-58-55-52-49-24-21-18-15-12-9-6-3)78-72(75)66-63-60-57-54-51-47-23-20-17-14-11-8-5-2/h7-8,10-11,16-21,25-26,28-29,31-32,34-35,37-38,40-41,43-44,47,51,57,60,69H,4-6,9,12-15,22-24,27,30,33,36,39,42,45-46,48-50,52-56,58-59,61-68H2,1-3H3/b10-7-,11-8-,19-16-,20-17-,21-18-,26-25-,29-28-,32-31-,35-34-,38-37-,41-40-,44-43-,51-47-,60-57-. The van der Waals surface area contributed by atoms with Crippen molar-refractivity contribution in [2.75, 3.05) is 13.2 Å². The molecule has 0 saturated heterocycles. The molecule has 436 valence electrons. The summed E-state index contributed by atoms with van der Waals surface area (Å²) >= 11 is 0. The zero-order valence-electron chi connectivity index (χ0n) is 49.9. The Hall–Kier alpha value is -5.23. The molecule has 0 rings (SSSR count). The fraction of sp³-hybridized carbons (Fsp3) is 0.569. The fourth-order valence-corrected chi connectivity index (χ4v) is 7.85. The van der Waals surface area contributed by atoms with Crippen molar-refractivity contribution in [1.82, 2.24) is 0 Å². The first-order chi connectivity index (χ1) is 38.5. The summed E-state index contributed by atoms with van der Waals surface area (Å²) in [6.45, 7) is 6.29. The maximum Gasteiger partial charge on any atom is 0.306 e. The number of allylic oxidation sites excluding steroid dienone is 28. The van der Waals surface area contributed by atoms with Crippen LogP contribution in [0.25, 0.3) is 0 Å². The van der Waals surface area contributed by atoms with Gasteiger partial charge in [-0.15, -0.1) is 0 Å². The van der Waals surface area contributed by atoms with E-state index < -0.39 is 12.1 Å². The maximum absolute atomic E-state index is 12.8. The minimum absolute atomic E-state index is 0.121. The van der Waals surface area contributed by atoms with Crippen molar-refractivity contribution < 1.29 is 28.6 Å². The molecular formula is C72H112O6. The fourth-order valence-electron chi connectivity index (χ4n) is 7.85. The summed E-state index contributed by atoms with van der Waals surface area (Å²) in [6.07, 6.45) is 95.2. The molecule has 78 heavy (non-hydrogen) atoms. The monoisotopic (exact) mass is 1070 g/mol. The van der Waals surface area contributed by atoms with Gasteiger partial charge in [0.15, 0.2) is 6.10 Å². The van der Waals surface area contributed by atoms with E-state index in [1.807, 2.05) is 12.2 Å². The smallest absolute Gasteiger partial charge is 0.306 e. The minimum atomic E-state index is -0.831. The highest BCUT2D eigenvalue weighted by Crippen LogP contribution is 2.13. The average Bonchev–Trinajstić information content (AvgIpc) is 3.44. The predicted octanol–water partition coefficient (Wildman–Crippen LogP) is 21.5. The Morgan fingerprint density at radius 3 is 0.846 bits per heavy atom. The van der Waals surface area contributed by atoms with Crippen LogP contribution in [0.5, 0.6) is 0 Å². The predicted molar refractivity (Wildman–Crippen MR) is 338 cm³/mol. The third kappa shape index (κ3) is 61.6. The maximum atomic E-state index is 12.8. The van der Waals surface area contributed by atoms with E-state index in [9.17, 15) is 14.4 Å². The molecule has 0 aliphatic rings. The Morgan fingerprint density at radius 2 is 0.526 bits per heavy atom. The quantitative estimate of drug-likeness (QED) is 0.0261. The Kier molecular flexibility index (Phi) is 60.0. The van der Waals surface area contributed by atoms with Crippen LogP contribution in [-0.4, -0.2) is 37.2 Å². The number of esters is 3. The van der Waals surface area contributed by atoms with Crippen LogP contribution in [0.1, 0.15) is 245 Å². The normalized spacial score (nSPS) is 13.3. The van der Waals surface area contributed by atoms with Gasteiger partial charge in [-0.2, -0.15) is 0 Å². The van der Waals surface area contributed by atoms with E-state index in [4.69, 9.17) is 14.2 Å². The molecule has 0 radical (unpaired) electrons. The van der Waals surface area contributed by atoms with Crippen molar-refractivity contribution in [3.63, 3.8) is 0 Å². The number of hydrogen-bond donors (Lipinski definition) is 0. The van der Waals surface area contributed by atoms with Crippen LogP contribution in [0.3, 0.4) is 0 Å². The topological polar surface area (TPSA) is 78.9 Å². The molecule has 0 fully saturated rings. The molecule has 6 nitrogen and oxygen atoms in total. The van der Waals surface area contributed by atoms with Crippen LogP contribution >= 0.6 is 0 Å². The summed E-state index contributed by atoms with van der Waals surface area (Å²) in [4.78, 5) is 38.1. The van der Waals surface area contributed by atoms with E-state index in [0.29, 0.717) is 19.3 Å². The van der Waals surface area contributed by atoms with E-state index in [0.717, 1.165) is 148 Å². The molecule has 0 spiro atoms. The molecule has 6 heteroatoms. The highest BCUT2D eigenvalue weighted by atomic mass is 16.6. The van der Waals surface area contributed by atoms with E-state index in [-0.39, 0.29) is 31.6 Å². The second-order valence-corrected chi connectivity index (χ2v) is 19.8. The largest absolute Gasteiger partial charge is 0.462 e. The van der Waals surface area contributed by atoms with Crippen molar-refractivity contribution in [2.24, 2.45) is 0 Å². The van der Waals surface area contributed by atoms with Gasteiger partial charge in [0.2, 0.25) is 0 Å². The van der Waals surface area contributed by atoms with Crippen LogP contribution in [0.15, 0.2) is 170 Å². The molecule has 0 aromatic heterocycles. The molecular weight excluding hydrogens is 961 g/mol. The molecule has 0 N–H and O–H groups in total. The average molecular weight is 1070 g/mol. The van der Waals surface area contributed by atoms with Crippen molar-refractivity contribution in [2.45, 2.75) is 252 Å². The summed E-state index contributed by atoms with van der Waals surface area (Å²) in [6, 6.07) is 0. The van der Waals surface area contributed by atoms with Crippen molar-refractivity contribution in [1.29, 1.82) is 0 Å².